The van der Waals surface area contributed by atoms with E-state index in [4.69, 9.17) is 0 Å². The summed E-state index contributed by atoms with van der Waals surface area (Å²) in [6.07, 6.45) is 9.69. The second-order valence-corrected chi connectivity index (χ2v) is 7.24. The van der Waals surface area contributed by atoms with Crippen molar-refractivity contribution in [2.75, 3.05) is 11.9 Å². The average Bonchev–Trinajstić information content (AvgIpc) is 2.98. The Morgan fingerprint density at radius 1 is 1.27 bits per heavy atom. The van der Waals surface area contributed by atoms with Crippen molar-refractivity contribution in [3.05, 3.63) is 36.3 Å². The van der Waals surface area contributed by atoms with Gasteiger partial charge in [-0.2, -0.15) is 0 Å². The van der Waals surface area contributed by atoms with Crippen LogP contribution in [0.1, 0.15) is 38.7 Å². The first-order valence-corrected chi connectivity index (χ1v) is 9.17. The minimum atomic E-state index is 0.684. The van der Waals surface area contributed by atoms with Gasteiger partial charge in [-0.05, 0) is 57.2 Å². The molecule has 0 spiro atoms. The highest BCUT2D eigenvalue weighted by atomic mass is 15.3. The van der Waals surface area contributed by atoms with Gasteiger partial charge in [-0.15, -0.1) is 5.10 Å². The number of hydrogen-bond donors (Lipinski definition) is 1. The van der Waals surface area contributed by atoms with E-state index in [9.17, 15) is 0 Å². The Kier molecular flexibility index (Phi) is 4.41. The SMILES string of the molecule is CC(C)=Nc1ncc(-c2ccn3nc(NCC4CCC4)ncc23)cc1C. The first-order valence-electron chi connectivity index (χ1n) is 9.17. The van der Waals surface area contributed by atoms with Gasteiger partial charge in [0.05, 0.1) is 11.7 Å². The molecule has 1 aliphatic rings. The maximum Gasteiger partial charge on any atom is 0.241 e. The monoisotopic (exact) mass is 348 g/mol. The molecule has 6 nitrogen and oxygen atoms in total. The maximum atomic E-state index is 4.58. The second kappa shape index (κ2) is 6.86. The molecule has 0 aromatic carbocycles. The molecule has 0 bridgehead atoms. The Bertz CT molecular complexity index is 964. The van der Waals surface area contributed by atoms with Crippen molar-refractivity contribution in [3.8, 4) is 11.1 Å². The fraction of sp³-hybridized carbons (Fsp3) is 0.400. The molecule has 3 aromatic heterocycles. The molecule has 6 heteroatoms. The summed E-state index contributed by atoms with van der Waals surface area (Å²) in [6, 6.07) is 4.18. The summed E-state index contributed by atoms with van der Waals surface area (Å²) in [4.78, 5) is 13.5. The van der Waals surface area contributed by atoms with Crippen LogP contribution in [0.2, 0.25) is 0 Å². The predicted octanol–water partition coefficient (Wildman–Crippen LogP) is 4.42. The lowest BCUT2D eigenvalue weighted by Gasteiger charge is -2.25. The van der Waals surface area contributed by atoms with E-state index in [1.54, 1.807) is 0 Å². The summed E-state index contributed by atoms with van der Waals surface area (Å²) in [6.45, 7) is 6.95. The number of nitrogens with zero attached hydrogens (tertiary/aromatic N) is 5. The third kappa shape index (κ3) is 3.31. The molecule has 26 heavy (non-hydrogen) atoms. The van der Waals surface area contributed by atoms with Crippen LogP contribution in [0.4, 0.5) is 11.8 Å². The zero-order chi connectivity index (χ0) is 18.1. The van der Waals surface area contributed by atoms with Gasteiger partial charge in [0.2, 0.25) is 5.95 Å². The van der Waals surface area contributed by atoms with Crippen molar-refractivity contribution in [2.24, 2.45) is 10.9 Å². The zero-order valence-corrected chi connectivity index (χ0v) is 15.5. The number of aliphatic imine (C=N–C) groups is 1. The molecule has 1 fully saturated rings. The van der Waals surface area contributed by atoms with E-state index >= 15 is 0 Å². The number of rotatable bonds is 5. The van der Waals surface area contributed by atoms with Gasteiger partial charge in [0.25, 0.3) is 0 Å². The van der Waals surface area contributed by atoms with Gasteiger partial charge in [0.1, 0.15) is 0 Å². The number of nitrogens with one attached hydrogen (secondary N) is 1. The molecule has 1 saturated carbocycles. The third-order valence-electron chi connectivity index (χ3n) is 4.88. The molecule has 3 heterocycles. The van der Waals surface area contributed by atoms with E-state index in [0.29, 0.717) is 5.95 Å². The van der Waals surface area contributed by atoms with Crippen molar-refractivity contribution < 1.29 is 0 Å². The third-order valence-corrected chi connectivity index (χ3v) is 4.88. The van der Waals surface area contributed by atoms with E-state index in [1.165, 1.54) is 19.3 Å². The molecule has 1 aliphatic carbocycles. The molecule has 0 unspecified atom stereocenters. The van der Waals surface area contributed by atoms with Crippen LogP contribution in [0.15, 0.2) is 35.7 Å². The van der Waals surface area contributed by atoms with Crippen LogP contribution in [0.25, 0.3) is 16.6 Å². The van der Waals surface area contributed by atoms with Gasteiger partial charge in [0, 0.05) is 35.8 Å². The van der Waals surface area contributed by atoms with Crippen LogP contribution in [-0.2, 0) is 0 Å². The summed E-state index contributed by atoms with van der Waals surface area (Å²) < 4.78 is 1.88. The first kappa shape index (κ1) is 16.7. The summed E-state index contributed by atoms with van der Waals surface area (Å²) in [5, 5.41) is 7.94. The lowest BCUT2D eigenvalue weighted by Crippen LogP contribution is -2.22. The highest BCUT2D eigenvalue weighted by Crippen LogP contribution is 2.29. The number of pyridine rings is 1. The average molecular weight is 348 g/mol. The molecule has 0 saturated heterocycles. The van der Waals surface area contributed by atoms with Crippen LogP contribution < -0.4 is 5.32 Å². The number of aromatic nitrogens is 4. The summed E-state index contributed by atoms with van der Waals surface area (Å²) >= 11 is 0. The molecule has 0 aliphatic heterocycles. The number of anilines is 1. The fourth-order valence-corrected chi connectivity index (χ4v) is 3.20. The van der Waals surface area contributed by atoms with E-state index in [-0.39, 0.29) is 0 Å². The molecule has 3 aromatic rings. The quantitative estimate of drug-likeness (QED) is 0.693. The van der Waals surface area contributed by atoms with Crippen LogP contribution >= 0.6 is 0 Å². The molecule has 1 N–H and O–H groups in total. The van der Waals surface area contributed by atoms with Gasteiger partial charge in [0.15, 0.2) is 5.82 Å². The fourth-order valence-electron chi connectivity index (χ4n) is 3.20. The van der Waals surface area contributed by atoms with Crippen molar-refractivity contribution >= 4 is 23.0 Å². The topological polar surface area (TPSA) is 67.5 Å². The van der Waals surface area contributed by atoms with Gasteiger partial charge in [-0.1, -0.05) is 6.42 Å². The zero-order valence-electron chi connectivity index (χ0n) is 15.5. The van der Waals surface area contributed by atoms with E-state index in [2.05, 4.69) is 37.5 Å². The predicted molar refractivity (Wildman–Crippen MR) is 105 cm³/mol. The van der Waals surface area contributed by atoms with Crippen LogP contribution in [-0.4, -0.2) is 31.8 Å². The number of fused-ring (bicyclic) bond motifs is 1. The Morgan fingerprint density at radius 3 is 2.81 bits per heavy atom. The van der Waals surface area contributed by atoms with Crippen molar-refractivity contribution in [1.82, 2.24) is 19.6 Å². The number of aryl methyl sites for hydroxylation is 1. The van der Waals surface area contributed by atoms with E-state index in [0.717, 1.165) is 46.2 Å². The smallest absolute Gasteiger partial charge is 0.241 e. The first-order chi connectivity index (χ1) is 12.6. The summed E-state index contributed by atoms with van der Waals surface area (Å²) in [7, 11) is 0. The molecule has 0 amide bonds. The highest BCUT2D eigenvalue weighted by molar-refractivity contribution is 5.83. The number of hydrogen-bond acceptors (Lipinski definition) is 5. The standard InChI is InChI=1S/C20H24N6/c1-13(2)24-19-14(3)9-16(11-21-19)17-7-8-26-18(17)12-23-20(25-26)22-10-15-5-4-6-15/h7-9,11-12,15H,4-6,10H2,1-3H3,(H,22,25). The van der Waals surface area contributed by atoms with Crippen molar-refractivity contribution in [1.29, 1.82) is 0 Å². The molecule has 134 valence electrons. The summed E-state index contributed by atoms with van der Waals surface area (Å²) in [5.41, 5.74) is 5.16. The maximum absolute atomic E-state index is 4.58. The lowest BCUT2D eigenvalue weighted by molar-refractivity contribution is 0.333. The van der Waals surface area contributed by atoms with Crippen LogP contribution in [0, 0.1) is 12.8 Å². The van der Waals surface area contributed by atoms with Crippen molar-refractivity contribution in [2.45, 2.75) is 40.0 Å². The van der Waals surface area contributed by atoms with E-state index in [1.807, 2.05) is 43.9 Å². The summed E-state index contributed by atoms with van der Waals surface area (Å²) in [5.74, 6) is 2.23. The minimum absolute atomic E-state index is 0.684. The van der Waals surface area contributed by atoms with E-state index < -0.39 is 0 Å². The lowest BCUT2D eigenvalue weighted by atomic mass is 9.85. The van der Waals surface area contributed by atoms with Gasteiger partial charge >= 0.3 is 0 Å². The normalized spacial score (nSPS) is 14.3. The largest absolute Gasteiger partial charge is 0.353 e. The second-order valence-electron chi connectivity index (χ2n) is 7.24. The highest BCUT2D eigenvalue weighted by Gasteiger charge is 2.17. The molecular formula is C20H24N6. The molecule has 0 radical (unpaired) electrons. The molecular weight excluding hydrogens is 324 g/mol. The Hall–Kier alpha value is -2.76. The molecule has 4 rings (SSSR count). The van der Waals surface area contributed by atoms with Crippen molar-refractivity contribution in [3.63, 3.8) is 0 Å². The van der Waals surface area contributed by atoms with Gasteiger partial charge in [-0.25, -0.2) is 19.5 Å². The Balaban J connectivity index is 1.60. The molecule has 0 atom stereocenters. The van der Waals surface area contributed by atoms with Gasteiger partial charge in [-0.3, -0.25) is 0 Å². The van der Waals surface area contributed by atoms with Gasteiger partial charge < -0.3 is 5.32 Å². The minimum Gasteiger partial charge on any atom is -0.353 e. The van der Waals surface area contributed by atoms with Crippen LogP contribution in [0.5, 0.6) is 0 Å². The van der Waals surface area contributed by atoms with Crippen LogP contribution in [0.3, 0.4) is 0 Å². The Labute approximate surface area is 153 Å². The Morgan fingerprint density at radius 2 is 2.12 bits per heavy atom.